The Bertz CT molecular complexity index is 828. The quantitative estimate of drug-likeness (QED) is 0.825. The molecule has 0 aliphatic rings. The zero-order chi connectivity index (χ0) is 18.4. The maximum Gasteiger partial charge on any atom is 0.242 e. The maximum absolute atomic E-state index is 12.3. The van der Waals surface area contributed by atoms with E-state index < -0.39 is 10.0 Å². The standard InChI is InChI=1S/C19H24N2O3S/c1-15-8-10-16(11-9-15)12-13-19(22)20-14-17-6-4-5-7-18(17)25(23,24)21(2)3/h4-11H,12-14H2,1-3H3,(H,20,22). The Balaban J connectivity index is 1.97. The number of sulfonamides is 1. The van der Waals surface area contributed by atoms with Crippen LogP contribution in [0.4, 0.5) is 0 Å². The smallest absolute Gasteiger partial charge is 0.242 e. The van der Waals surface area contributed by atoms with Gasteiger partial charge in [-0.25, -0.2) is 12.7 Å². The SMILES string of the molecule is Cc1ccc(CCC(=O)NCc2ccccc2S(=O)(=O)N(C)C)cc1. The average Bonchev–Trinajstić information content (AvgIpc) is 2.59. The third-order valence-electron chi connectivity index (χ3n) is 3.97. The molecule has 5 nitrogen and oxygen atoms in total. The van der Waals surface area contributed by atoms with Crippen LogP contribution < -0.4 is 5.32 Å². The highest BCUT2D eigenvalue weighted by Gasteiger charge is 2.20. The highest BCUT2D eigenvalue weighted by molar-refractivity contribution is 7.89. The van der Waals surface area contributed by atoms with Crippen molar-refractivity contribution in [1.29, 1.82) is 0 Å². The lowest BCUT2D eigenvalue weighted by molar-refractivity contribution is -0.121. The molecular weight excluding hydrogens is 336 g/mol. The Labute approximate surface area is 149 Å². The molecule has 1 amide bonds. The maximum atomic E-state index is 12.3. The Morgan fingerprint density at radius 2 is 1.68 bits per heavy atom. The van der Waals surface area contributed by atoms with Crippen LogP contribution >= 0.6 is 0 Å². The van der Waals surface area contributed by atoms with Crippen LogP contribution in [0.1, 0.15) is 23.1 Å². The van der Waals surface area contributed by atoms with Crippen LogP contribution in [-0.2, 0) is 27.8 Å². The first-order chi connectivity index (χ1) is 11.8. The van der Waals surface area contributed by atoms with Gasteiger partial charge in [0.15, 0.2) is 0 Å². The normalized spacial score (nSPS) is 11.5. The van der Waals surface area contributed by atoms with E-state index >= 15 is 0 Å². The van der Waals surface area contributed by atoms with E-state index in [0.29, 0.717) is 18.4 Å². The molecule has 0 saturated carbocycles. The second kappa shape index (κ2) is 8.27. The number of nitrogens with one attached hydrogen (secondary N) is 1. The number of nitrogens with zero attached hydrogens (tertiary/aromatic N) is 1. The van der Waals surface area contributed by atoms with E-state index in [1.54, 1.807) is 24.3 Å². The van der Waals surface area contributed by atoms with E-state index in [-0.39, 0.29) is 17.3 Å². The molecule has 134 valence electrons. The molecule has 0 bridgehead atoms. The number of benzene rings is 2. The fourth-order valence-corrected chi connectivity index (χ4v) is 3.51. The third-order valence-corrected chi connectivity index (χ3v) is 5.88. The summed E-state index contributed by atoms with van der Waals surface area (Å²) < 4.78 is 25.9. The van der Waals surface area contributed by atoms with Crippen molar-refractivity contribution in [2.24, 2.45) is 0 Å². The van der Waals surface area contributed by atoms with Crippen LogP contribution in [0.5, 0.6) is 0 Å². The summed E-state index contributed by atoms with van der Waals surface area (Å²) in [5.41, 5.74) is 2.88. The molecule has 0 spiro atoms. The van der Waals surface area contributed by atoms with Gasteiger partial charge in [-0.15, -0.1) is 0 Å². The van der Waals surface area contributed by atoms with Gasteiger partial charge in [0.25, 0.3) is 0 Å². The predicted octanol–water partition coefficient (Wildman–Crippen LogP) is 2.49. The molecule has 0 radical (unpaired) electrons. The van der Waals surface area contributed by atoms with Crippen molar-refractivity contribution >= 4 is 15.9 Å². The van der Waals surface area contributed by atoms with Crippen molar-refractivity contribution in [3.8, 4) is 0 Å². The van der Waals surface area contributed by atoms with Crippen LogP contribution in [0.3, 0.4) is 0 Å². The van der Waals surface area contributed by atoms with Gasteiger partial charge < -0.3 is 5.32 Å². The van der Waals surface area contributed by atoms with Gasteiger partial charge in [-0.05, 0) is 30.5 Å². The number of hydrogen-bond acceptors (Lipinski definition) is 3. The molecule has 6 heteroatoms. The molecule has 0 fully saturated rings. The molecule has 0 aliphatic heterocycles. The van der Waals surface area contributed by atoms with E-state index in [1.165, 1.54) is 24.0 Å². The van der Waals surface area contributed by atoms with Crippen molar-refractivity contribution in [3.63, 3.8) is 0 Å². The van der Waals surface area contributed by atoms with Gasteiger partial charge in [-0.1, -0.05) is 48.0 Å². The fraction of sp³-hybridized carbons (Fsp3) is 0.316. The first kappa shape index (κ1) is 19.1. The van der Waals surface area contributed by atoms with E-state index in [4.69, 9.17) is 0 Å². The summed E-state index contributed by atoms with van der Waals surface area (Å²) in [6, 6.07) is 14.8. The topological polar surface area (TPSA) is 66.5 Å². The second-order valence-corrected chi connectivity index (χ2v) is 8.28. The van der Waals surface area contributed by atoms with Crippen molar-refractivity contribution in [1.82, 2.24) is 9.62 Å². The summed E-state index contributed by atoms with van der Waals surface area (Å²) >= 11 is 0. The van der Waals surface area contributed by atoms with Gasteiger partial charge in [-0.2, -0.15) is 0 Å². The van der Waals surface area contributed by atoms with Crippen LogP contribution in [-0.4, -0.2) is 32.7 Å². The van der Waals surface area contributed by atoms with Gasteiger partial charge in [0.05, 0.1) is 4.90 Å². The van der Waals surface area contributed by atoms with Crippen molar-refractivity contribution in [3.05, 3.63) is 65.2 Å². The summed E-state index contributed by atoms with van der Waals surface area (Å²) in [5, 5.41) is 2.81. The van der Waals surface area contributed by atoms with Crippen LogP contribution in [0.2, 0.25) is 0 Å². The first-order valence-corrected chi connectivity index (χ1v) is 9.57. The fourth-order valence-electron chi connectivity index (χ4n) is 2.39. The molecule has 0 saturated heterocycles. The first-order valence-electron chi connectivity index (χ1n) is 8.13. The van der Waals surface area contributed by atoms with Crippen molar-refractivity contribution < 1.29 is 13.2 Å². The highest BCUT2D eigenvalue weighted by Crippen LogP contribution is 2.18. The Hall–Kier alpha value is -2.18. The zero-order valence-corrected chi connectivity index (χ0v) is 15.6. The summed E-state index contributed by atoms with van der Waals surface area (Å²) in [6.45, 7) is 2.21. The lowest BCUT2D eigenvalue weighted by atomic mass is 10.1. The van der Waals surface area contributed by atoms with E-state index in [9.17, 15) is 13.2 Å². The zero-order valence-electron chi connectivity index (χ0n) is 14.8. The van der Waals surface area contributed by atoms with Gasteiger partial charge in [-0.3, -0.25) is 4.79 Å². The molecule has 2 aromatic carbocycles. The number of carbonyl (C=O) groups excluding carboxylic acids is 1. The van der Waals surface area contributed by atoms with E-state index in [2.05, 4.69) is 5.32 Å². The third kappa shape index (κ3) is 5.14. The van der Waals surface area contributed by atoms with Crippen LogP contribution in [0.25, 0.3) is 0 Å². The van der Waals surface area contributed by atoms with E-state index in [1.807, 2.05) is 31.2 Å². The minimum Gasteiger partial charge on any atom is -0.352 e. The largest absolute Gasteiger partial charge is 0.352 e. The van der Waals surface area contributed by atoms with Crippen molar-refractivity contribution in [2.75, 3.05) is 14.1 Å². The molecule has 0 aromatic heterocycles. The monoisotopic (exact) mass is 360 g/mol. The molecule has 2 aromatic rings. The second-order valence-electron chi connectivity index (χ2n) is 6.16. The lowest BCUT2D eigenvalue weighted by Crippen LogP contribution is -2.27. The molecule has 0 heterocycles. The minimum atomic E-state index is -3.53. The molecular formula is C19H24N2O3S. The Morgan fingerprint density at radius 3 is 2.32 bits per heavy atom. The predicted molar refractivity (Wildman–Crippen MR) is 98.7 cm³/mol. The molecule has 0 atom stereocenters. The van der Waals surface area contributed by atoms with Crippen molar-refractivity contribution in [2.45, 2.75) is 31.2 Å². The summed E-state index contributed by atoms with van der Waals surface area (Å²) in [4.78, 5) is 12.3. The Kier molecular flexibility index (Phi) is 6.33. The summed E-state index contributed by atoms with van der Waals surface area (Å²) in [6.07, 6.45) is 1.02. The van der Waals surface area contributed by atoms with Gasteiger partial charge in [0.1, 0.15) is 0 Å². The van der Waals surface area contributed by atoms with E-state index in [0.717, 1.165) is 5.56 Å². The number of amides is 1. The Morgan fingerprint density at radius 1 is 1.04 bits per heavy atom. The summed E-state index contributed by atoms with van der Waals surface area (Å²) in [5.74, 6) is -0.0994. The molecule has 0 unspecified atom stereocenters. The minimum absolute atomic E-state index is 0.0994. The molecule has 2 rings (SSSR count). The van der Waals surface area contributed by atoms with Gasteiger partial charge in [0.2, 0.25) is 15.9 Å². The van der Waals surface area contributed by atoms with Gasteiger partial charge in [0, 0.05) is 27.1 Å². The molecule has 0 aliphatic carbocycles. The highest BCUT2D eigenvalue weighted by atomic mass is 32.2. The molecule has 1 N–H and O–H groups in total. The van der Waals surface area contributed by atoms with Crippen LogP contribution in [0, 0.1) is 6.92 Å². The number of carbonyl (C=O) groups is 1. The average molecular weight is 360 g/mol. The number of hydrogen-bond donors (Lipinski definition) is 1. The van der Waals surface area contributed by atoms with Gasteiger partial charge >= 0.3 is 0 Å². The number of rotatable bonds is 7. The molecule has 25 heavy (non-hydrogen) atoms. The number of aryl methyl sites for hydroxylation is 2. The van der Waals surface area contributed by atoms with Crippen LogP contribution in [0.15, 0.2) is 53.4 Å². The lowest BCUT2D eigenvalue weighted by Gasteiger charge is -2.15. The summed E-state index contributed by atoms with van der Waals surface area (Å²) in [7, 11) is -0.548.